The highest BCUT2D eigenvalue weighted by Crippen LogP contribution is 2.23. The van der Waals surface area contributed by atoms with E-state index in [0.717, 1.165) is 28.5 Å². The van der Waals surface area contributed by atoms with Crippen molar-refractivity contribution in [2.75, 3.05) is 0 Å². The van der Waals surface area contributed by atoms with Crippen molar-refractivity contribution in [2.24, 2.45) is 5.41 Å². The van der Waals surface area contributed by atoms with Gasteiger partial charge in [-0.15, -0.1) is 0 Å². The molecule has 5 nitrogen and oxygen atoms in total. The molecule has 1 unspecified atom stereocenters. The summed E-state index contributed by atoms with van der Waals surface area (Å²) in [5.74, 6) is -1.25. The lowest BCUT2D eigenvalue weighted by Crippen LogP contribution is -2.42. The molecule has 2 aromatic rings. The molecule has 2 rings (SSSR count). The Kier molecular flexibility index (Phi) is 5.32. The Morgan fingerprint density at radius 1 is 1.29 bits per heavy atom. The van der Waals surface area contributed by atoms with E-state index in [0.29, 0.717) is 6.42 Å². The largest absolute Gasteiger partial charge is 0.480 e. The summed E-state index contributed by atoms with van der Waals surface area (Å²) in [6.07, 6.45) is 3.15. The second-order valence-electron chi connectivity index (χ2n) is 7.55. The van der Waals surface area contributed by atoms with Gasteiger partial charge in [0, 0.05) is 17.1 Å². The standard InChI is InChI=1S/C19H26N2O3/c1-12-6-5-7-14-17(12)13(11-20-14)10-16(22)21-15(18(23)24)8-9-19(2,3)4/h5-7,11,15,20H,8-10H2,1-4H3,(H,21,22)(H,23,24). The molecule has 1 heterocycles. The molecule has 0 fully saturated rings. The maximum atomic E-state index is 12.3. The number of carbonyl (C=O) groups is 2. The number of hydrogen-bond acceptors (Lipinski definition) is 2. The van der Waals surface area contributed by atoms with Gasteiger partial charge < -0.3 is 15.4 Å². The van der Waals surface area contributed by atoms with Crippen LogP contribution in [0.1, 0.15) is 44.7 Å². The third-order valence-corrected chi connectivity index (χ3v) is 4.16. The minimum Gasteiger partial charge on any atom is -0.480 e. The summed E-state index contributed by atoms with van der Waals surface area (Å²) < 4.78 is 0. The van der Waals surface area contributed by atoms with Crippen molar-refractivity contribution < 1.29 is 14.7 Å². The van der Waals surface area contributed by atoms with E-state index in [1.54, 1.807) is 0 Å². The van der Waals surface area contributed by atoms with E-state index in [2.05, 4.69) is 31.1 Å². The van der Waals surface area contributed by atoms with Crippen LogP contribution in [-0.2, 0) is 16.0 Å². The van der Waals surface area contributed by atoms with Crippen molar-refractivity contribution in [1.82, 2.24) is 10.3 Å². The molecule has 3 N–H and O–H groups in total. The van der Waals surface area contributed by atoms with Crippen molar-refractivity contribution in [3.8, 4) is 0 Å². The SMILES string of the molecule is Cc1cccc2[nH]cc(CC(=O)NC(CCC(C)(C)C)C(=O)O)c12. The smallest absolute Gasteiger partial charge is 0.326 e. The lowest BCUT2D eigenvalue weighted by molar-refractivity contribution is -0.142. The number of H-pyrrole nitrogens is 1. The second kappa shape index (κ2) is 7.07. The predicted molar refractivity (Wildman–Crippen MR) is 95.0 cm³/mol. The van der Waals surface area contributed by atoms with Gasteiger partial charge in [-0.3, -0.25) is 4.79 Å². The van der Waals surface area contributed by atoms with E-state index in [1.165, 1.54) is 0 Å². The van der Waals surface area contributed by atoms with Gasteiger partial charge in [-0.05, 0) is 42.4 Å². The van der Waals surface area contributed by atoms with Gasteiger partial charge in [-0.25, -0.2) is 4.79 Å². The molecule has 0 saturated heterocycles. The summed E-state index contributed by atoms with van der Waals surface area (Å²) in [6.45, 7) is 8.17. The average molecular weight is 330 g/mol. The predicted octanol–water partition coefficient (Wildman–Crippen LogP) is 3.41. The molecule has 0 aliphatic heterocycles. The molecule has 0 spiro atoms. The fraction of sp³-hybridized carbons (Fsp3) is 0.474. The van der Waals surface area contributed by atoms with Crippen molar-refractivity contribution in [3.05, 3.63) is 35.5 Å². The minimum absolute atomic E-state index is 0.0341. The number of rotatable bonds is 6. The van der Waals surface area contributed by atoms with Crippen LogP contribution in [0.3, 0.4) is 0 Å². The van der Waals surface area contributed by atoms with Gasteiger partial charge in [0.1, 0.15) is 6.04 Å². The van der Waals surface area contributed by atoms with Crippen molar-refractivity contribution in [1.29, 1.82) is 0 Å². The van der Waals surface area contributed by atoms with Crippen LogP contribution in [0.5, 0.6) is 0 Å². The van der Waals surface area contributed by atoms with Gasteiger partial charge in [0.05, 0.1) is 6.42 Å². The molecular formula is C19H26N2O3. The third-order valence-electron chi connectivity index (χ3n) is 4.16. The molecular weight excluding hydrogens is 304 g/mol. The fourth-order valence-electron chi connectivity index (χ4n) is 2.84. The molecule has 1 aromatic carbocycles. The Morgan fingerprint density at radius 2 is 2.00 bits per heavy atom. The molecule has 0 radical (unpaired) electrons. The summed E-state index contributed by atoms with van der Waals surface area (Å²) in [6, 6.07) is 5.09. The molecule has 24 heavy (non-hydrogen) atoms. The van der Waals surface area contributed by atoms with Gasteiger partial charge in [0.25, 0.3) is 0 Å². The monoisotopic (exact) mass is 330 g/mol. The number of aryl methyl sites for hydroxylation is 1. The highest BCUT2D eigenvalue weighted by Gasteiger charge is 2.23. The topological polar surface area (TPSA) is 82.2 Å². The zero-order chi connectivity index (χ0) is 17.9. The van der Waals surface area contributed by atoms with Gasteiger partial charge in [0.15, 0.2) is 0 Å². The molecule has 0 bridgehead atoms. The number of hydrogen-bond donors (Lipinski definition) is 3. The fourth-order valence-corrected chi connectivity index (χ4v) is 2.84. The molecule has 0 aliphatic rings. The highest BCUT2D eigenvalue weighted by molar-refractivity contribution is 5.92. The molecule has 0 aliphatic carbocycles. The first-order valence-electron chi connectivity index (χ1n) is 8.25. The van der Waals surface area contributed by atoms with Crippen molar-refractivity contribution >= 4 is 22.8 Å². The van der Waals surface area contributed by atoms with Gasteiger partial charge in [0.2, 0.25) is 5.91 Å². The van der Waals surface area contributed by atoms with E-state index < -0.39 is 12.0 Å². The average Bonchev–Trinajstić information content (AvgIpc) is 2.86. The van der Waals surface area contributed by atoms with Crippen LogP contribution < -0.4 is 5.32 Å². The van der Waals surface area contributed by atoms with Crippen LogP contribution in [0.15, 0.2) is 24.4 Å². The van der Waals surface area contributed by atoms with E-state index in [-0.39, 0.29) is 17.7 Å². The summed E-state index contributed by atoms with van der Waals surface area (Å²) in [5, 5.41) is 13.0. The zero-order valence-electron chi connectivity index (χ0n) is 14.8. The summed E-state index contributed by atoms with van der Waals surface area (Å²) in [7, 11) is 0. The lowest BCUT2D eigenvalue weighted by atomic mass is 9.88. The molecule has 5 heteroatoms. The second-order valence-corrected chi connectivity index (χ2v) is 7.55. The highest BCUT2D eigenvalue weighted by atomic mass is 16.4. The maximum Gasteiger partial charge on any atom is 0.326 e. The number of aliphatic carboxylic acids is 1. The lowest BCUT2D eigenvalue weighted by Gasteiger charge is -2.21. The normalized spacial score (nSPS) is 13.0. The quantitative estimate of drug-likeness (QED) is 0.759. The number of fused-ring (bicyclic) bond motifs is 1. The summed E-state index contributed by atoms with van der Waals surface area (Å²) >= 11 is 0. The number of aromatic nitrogens is 1. The zero-order valence-corrected chi connectivity index (χ0v) is 14.8. The summed E-state index contributed by atoms with van der Waals surface area (Å²) in [5.41, 5.74) is 3.01. The van der Waals surface area contributed by atoms with E-state index in [9.17, 15) is 14.7 Å². The van der Waals surface area contributed by atoms with Crippen LogP contribution in [0, 0.1) is 12.3 Å². The molecule has 130 valence electrons. The summed E-state index contributed by atoms with van der Waals surface area (Å²) in [4.78, 5) is 26.9. The maximum absolute atomic E-state index is 12.3. The van der Waals surface area contributed by atoms with Crippen LogP contribution in [0.2, 0.25) is 0 Å². The number of carbonyl (C=O) groups excluding carboxylic acids is 1. The van der Waals surface area contributed by atoms with Crippen molar-refractivity contribution in [3.63, 3.8) is 0 Å². The first-order chi connectivity index (χ1) is 11.2. The first-order valence-corrected chi connectivity index (χ1v) is 8.25. The molecule has 1 aromatic heterocycles. The Labute approximate surface area is 142 Å². The molecule has 0 saturated carbocycles. The number of carboxylic acids is 1. The number of carboxylic acid groups (broad SMARTS) is 1. The third kappa shape index (κ3) is 4.60. The number of benzene rings is 1. The van der Waals surface area contributed by atoms with E-state index in [1.807, 2.05) is 31.3 Å². The number of aromatic amines is 1. The molecule has 1 amide bonds. The van der Waals surface area contributed by atoms with Gasteiger partial charge >= 0.3 is 5.97 Å². The number of nitrogens with one attached hydrogen (secondary N) is 2. The Balaban J connectivity index is 2.06. The molecule has 1 atom stereocenters. The van der Waals surface area contributed by atoms with Crippen LogP contribution in [0.4, 0.5) is 0 Å². The van der Waals surface area contributed by atoms with Gasteiger partial charge in [-0.1, -0.05) is 32.9 Å². The van der Waals surface area contributed by atoms with Crippen molar-refractivity contribution in [2.45, 2.75) is 53.0 Å². The Bertz CT molecular complexity index is 741. The van der Waals surface area contributed by atoms with E-state index in [4.69, 9.17) is 0 Å². The number of amides is 1. The Morgan fingerprint density at radius 3 is 2.62 bits per heavy atom. The van der Waals surface area contributed by atoms with Gasteiger partial charge in [-0.2, -0.15) is 0 Å². The first kappa shape index (κ1) is 18.0. The van der Waals surface area contributed by atoms with Crippen LogP contribution in [0.25, 0.3) is 10.9 Å². The minimum atomic E-state index is -0.984. The van der Waals surface area contributed by atoms with Crippen LogP contribution in [-0.4, -0.2) is 28.0 Å². The Hall–Kier alpha value is -2.30. The van der Waals surface area contributed by atoms with E-state index >= 15 is 0 Å². The van der Waals surface area contributed by atoms with Crippen LogP contribution >= 0.6 is 0 Å².